The molecule has 0 aromatic carbocycles. The molecular formula is C7H9F3. The first-order valence-electron chi connectivity index (χ1n) is 2.85. The van der Waals surface area contributed by atoms with Crippen molar-refractivity contribution in [3.05, 3.63) is 23.8 Å². The molecule has 0 saturated carbocycles. The van der Waals surface area contributed by atoms with Gasteiger partial charge in [0.05, 0.1) is 0 Å². The molecule has 0 N–H and O–H groups in total. The van der Waals surface area contributed by atoms with E-state index in [9.17, 15) is 13.2 Å². The van der Waals surface area contributed by atoms with Gasteiger partial charge in [-0.25, -0.2) is 0 Å². The maximum atomic E-state index is 11.7. The zero-order valence-corrected chi connectivity index (χ0v) is 5.87. The topological polar surface area (TPSA) is 0 Å². The van der Waals surface area contributed by atoms with E-state index in [1.165, 1.54) is 6.08 Å². The van der Waals surface area contributed by atoms with Crippen LogP contribution in [-0.2, 0) is 0 Å². The normalized spacial score (nSPS) is 14.7. The van der Waals surface area contributed by atoms with Crippen molar-refractivity contribution >= 4 is 0 Å². The predicted molar refractivity (Wildman–Crippen MR) is 34.6 cm³/mol. The molecule has 0 aliphatic carbocycles. The summed E-state index contributed by atoms with van der Waals surface area (Å²) in [6.07, 6.45) is -0.225. The molecule has 10 heavy (non-hydrogen) atoms. The van der Waals surface area contributed by atoms with E-state index < -0.39 is 11.7 Å². The molecule has 0 bridgehead atoms. The van der Waals surface area contributed by atoms with E-state index in [2.05, 4.69) is 0 Å². The Hall–Kier alpha value is -0.730. The first-order valence-corrected chi connectivity index (χ1v) is 2.85. The van der Waals surface area contributed by atoms with E-state index >= 15 is 0 Å². The molecular weight excluding hydrogens is 141 g/mol. The van der Waals surface area contributed by atoms with Gasteiger partial charge in [0.15, 0.2) is 0 Å². The Morgan fingerprint density at radius 3 is 2.10 bits per heavy atom. The van der Waals surface area contributed by atoms with Gasteiger partial charge < -0.3 is 0 Å². The molecule has 0 unspecified atom stereocenters. The lowest BCUT2D eigenvalue weighted by Gasteiger charge is -2.03. The largest absolute Gasteiger partial charge is 0.412 e. The van der Waals surface area contributed by atoms with E-state index in [-0.39, 0.29) is 0 Å². The maximum absolute atomic E-state index is 11.7. The number of hydrogen-bond donors (Lipinski definition) is 0. The first-order chi connectivity index (χ1) is 4.48. The van der Waals surface area contributed by atoms with Crippen LogP contribution in [0.15, 0.2) is 23.8 Å². The van der Waals surface area contributed by atoms with Gasteiger partial charge in [-0.3, -0.25) is 0 Å². The molecule has 0 radical (unpaired) electrons. The fourth-order valence-corrected chi connectivity index (χ4v) is 0.335. The Morgan fingerprint density at radius 1 is 1.30 bits per heavy atom. The molecule has 0 atom stereocenters. The van der Waals surface area contributed by atoms with Gasteiger partial charge >= 0.3 is 6.18 Å². The number of alkyl halides is 3. The quantitative estimate of drug-likeness (QED) is 0.504. The maximum Gasteiger partial charge on any atom is 0.412 e. The zero-order valence-electron chi connectivity index (χ0n) is 5.87. The molecule has 0 saturated heterocycles. The van der Waals surface area contributed by atoms with Gasteiger partial charge in [0.1, 0.15) is 0 Å². The van der Waals surface area contributed by atoms with Crippen LogP contribution in [0.1, 0.15) is 13.8 Å². The summed E-state index contributed by atoms with van der Waals surface area (Å²) in [5, 5.41) is 0. The lowest BCUT2D eigenvalue weighted by molar-refractivity contribution is -0.0912. The van der Waals surface area contributed by atoms with Crippen LogP contribution in [0.25, 0.3) is 0 Å². The van der Waals surface area contributed by atoms with Gasteiger partial charge in [0, 0.05) is 5.57 Å². The average Bonchev–Trinajstić information content (AvgIpc) is 1.80. The average molecular weight is 150 g/mol. The molecule has 0 aromatic rings. The summed E-state index contributed by atoms with van der Waals surface area (Å²) in [6.45, 7) is 2.71. The summed E-state index contributed by atoms with van der Waals surface area (Å²) in [5.41, 5.74) is -0.578. The summed E-state index contributed by atoms with van der Waals surface area (Å²) in [7, 11) is 0. The minimum absolute atomic E-state index is 0.578. The lowest BCUT2D eigenvalue weighted by atomic mass is 10.2. The van der Waals surface area contributed by atoms with E-state index in [1.54, 1.807) is 13.0 Å². The predicted octanol–water partition coefficient (Wildman–Crippen LogP) is 3.07. The second-order valence-corrected chi connectivity index (χ2v) is 1.87. The molecule has 58 valence electrons. The van der Waals surface area contributed by atoms with Gasteiger partial charge in [-0.15, -0.1) is 0 Å². The Labute approximate surface area is 58.0 Å². The van der Waals surface area contributed by atoms with E-state index in [0.29, 0.717) is 0 Å². The fourth-order valence-electron chi connectivity index (χ4n) is 0.335. The third-order valence-corrected chi connectivity index (χ3v) is 0.986. The molecule has 0 aliphatic heterocycles. The number of halogens is 3. The van der Waals surface area contributed by atoms with Crippen molar-refractivity contribution in [1.29, 1.82) is 0 Å². The van der Waals surface area contributed by atoms with Crippen LogP contribution in [0, 0.1) is 0 Å². The SMILES string of the molecule is CC=CC=C(C)C(F)(F)F. The summed E-state index contributed by atoms with van der Waals surface area (Å²) in [6, 6.07) is 0. The van der Waals surface area contributed by atoms with Crippen molar-refractivity contribution in [3.8, 4) is 0 Å². The van der Waals surface area contributed by atoms with Gasteiger partial charge in [0.2, 0.25) is 0 Å². The van der Waals surface area contributed by atoms with Crippen LogP contribution in [0.3, 0.4) is 0 Å². The number of rotatable bonds is 1. The smallest absolute Gasteiger partial charge is 0.166 e. The minimum Gasteiger partial charge on any atom is -0.166 e. The van der Waals surface area contributed by atoms with Gasteiger partial charge in [-0.05, 0) is 13.8 Å². The van der Waals surface area contributed by atoms with Crippen molar-refractivity contribution in [1.82, 2.24) is 0 Å². The zero-order chi connectivity index (χ0) is 8.20. The molecule has 0 heterocycles. The van der Waals surface area contributed by atoms with Crippen LogP contribution < -0.4 is 0 Å². The summed E-state index contributed by atoms with van der Waals surface area (Å²) < 4.78 is 35.0. The van der Waals surface area contributed by atoms with Crippen molar-refractivity contribution in [2.45, 2.75) is 20.0 Å². The number of allylic oxidation sites excluding steroid dienone is 4. The monoisotopic (exact) mass is 150 g/mol. The molecule has 0 aliphatic rings. The highest BCUT2D eigenvalue weighted by Crippen LogP contribution is 2.24. The third-order valence-electron chi connectivity index (χ3n) is 0.986. The van der Waals surface area contributed by atoms with Gasteiger partial charge in [0.25, 0.3) is 0 Å². The van der Waals surface area contributed by atoms with Crippen LogP contribution >= 0.6 is 0 Å². The van der Waals surface area contributed by atoms with Crippen LogP contribution in [-0.4, -0.2) is 6.18 Å². The fraction of sp³-hybridized carbons (Fsp3) is 0.429. The highest BCUT2D eigenvalue weighted by atomic mass is 19.4. The first kappa shape index (κ1) is 9.27. The summed E-state index contributed by atoms with van der Waals surface area (Å²) >= 11 is 0. The van der Waals surface area contributed by atoms with Gasteiger partial charge in [-0.1, -0.05) is 18.2 Å². The molecule has 3 heteroatoms. The van der Waals surface area contributed by atoms with E-state index in [4.69, 9.17) is 0 Å². The van der Waals surface area contributed by atoms with Gasteiger partial charge in [-0.2, -0.15) is 13.2 Å². The third kappa shape index (κ3) is 3.33. The van der Waals surface area contributed by atoms with Crippen molar-refractivity contribution in [2.24, 2.45) is 0 Å². The Morgan fingerprint density at radius 2 is 1.80 bits per heavy atom. The molecule has 0 nitrogen and oxygen atoms in total. The second kappa shape index (κ2) is 3.44. The van der Waals surface area contributed by atoms with Crippen LogP contribution in [0.4, 0.5) is 13.2 Å². The molecule has 0 spiro atoms. The van der Waals surface area contributed by atoms with Crippen LogP contribution in [0.5, 0.6) is 0 Å². The van der Waals surface area contributed by atoms with E-state index in [0.717, 1.165) is 13.0 Å². The lowest BCUT2D eigenvalue weighted by Crippen LogP contribution is -2.08. The Balaban J connectivity index is 4.20. The summed E-state index contributed by atoms with van der Waals surface area (Å²) in [4.78, 5) is 0. The Bertz CT molecular complexity index is 151. The standard InChI is InChI=1S/C7H9F3/c1-3-4-5-6(2)7(8,9)10/h3-5H,1-2H3. The molecule has 0 amide bonds. The minimum atomic E-state index is -4.18. The molecule has 0 fully saturated rings. The second-order valence-electron chi connectivity index (χ2n) is 1.87. The molecule has 0 rings (SSSR count). The van der Waals surface area contributed by atoms with Crippen LogP contribution in [0.2, 0.25) is 0 Å². The van der Waals surface area contributed by atoms with Crippen molar-refractivity contribution in [2.75, 3.05) is 0 Å². The highest BCUT2D eigenvalue weighted by molar-refractivity contribution is 5.13. The van der Waals surface area contributed by atoms with E-state index in [1.807, 2.05) is 0 Å². The number of hydrogen-bond acceptors (Lipinski definition) is 0. The van der Waals surface area contributed by atoms with Crippen molar-refractivity contribution < 1.29 is 13.2 Å². The van der Waals surface area contributed by atoms with Crippen molar-refractivity contribution in [3.63, 3.8) is 0 Å². The molecule has 0 aromatic heterocycles. The Kier molecular flexibility index (Phi) is 3.19. The highest BCUT2D eigenvalue weighted by Gasteiger charge is 2.28. The summed E-state index contributed by atoms with van der Waals surface area (Å²) in [5.74, 6) is 0.